The van der Waals surface area contributed by atoms with Gasteiger partial charge >= 0.3 is 0 Å². The lowest BCUT2D eigenvalue weighted by atomic mass is 9.81. The van der Waals surface area contributed by atoms with Crippen molar-refractivity contribution >= 4 is 23.6 Å². The van der Waals surface area contributed by atoms with Crippen molar-refractivity contribution in [2.45, 2.75) is 44.6 Å². The highest BCUT2D eigenvalue weighted by atomic mass is 16.2. The second-order valence-corrected chi connectivity index (χ2v) is 5.51. The zero-order valence-corrected chi connectivity index (χ0v) is 10.6. The lowest BCUT2D eigenvalue weighted by Crippen LogP contribution is -2.54. The number of hydrogen-bond acceptors (Lipinski definition) is 4. The highest BCUT2D eigenvalue weighted by Crippen LogP contribution is 2.39. The van der Waals surface area contributed by atoms with Crippen molar-refractivity contribution in [2.75, 3.05) is 0 Å². The van der Waals surface area contributed by atoms with Crippen LogP contribution in [0.15, 0.2) is 0 Å². The van der Waals surface area contributed by atoms with E-state index in [1.54, 1.807) is 0 Å². The first-order chi connectivity index (χ1) is 9.09. The van der Waals surface area contributed by atoms with E-state index in [2.05, 4.69) is 5.32 Å². The standard InChI is InChI=1S/C13H16N2O4/c16-10-6-5-9(11(17)14-10)15-12(18)7-3-1-2-4-8(7)13(15)19/h7-9H,1-6H2,(H,14,16,17)/t7-,8+,9?. The number of rotatable bonds is 1. The topological polar surface area (TPSA) is 83.6 Å². The molecule has 3 atom stereocenters. The summed E-state index contributed by atoms with van der Waals surface area (Å²) in [7, 11) is 0. The molecule has 2 aliphatic heterocycles. The number of piperidine rings is 1. The molecule has 0 aromatic heterocycles. The van der Waals surface area contributed by atoms with Gasteiger partial charge in [0.15, 0.2) is 0 Å². The smallest absolute Gasteiger partial charge is 0.249 e. The summed E-state index contributed by atoms with van der Waals surface area (Å²) < 4.78 is 0. The van der Waals surface area contributed by atoms with Gasteiger partial charge in [0.2, 0.25) is 23.6 Å². The number of likely N-dealkylation sites (tertiary alicyclic amines) is 1. The molecule has 3 aliphatic rings. The molecule has 2 heterocycles. The Morgan fingerprint density at radius 3 is 2.00 bits per heavy atom. The molecule has 6 heteroatoms. The quantitative estimate of drug-likeness (QED) is 0.674. The van der Waals surface area contributed by atoms with Crippen LogP contribution < -0.4 is 5.32 Å². The summed E-state index contributed by atoms with van der Waals surface area (Å²) in [6, 6.07) is -0.789. The molecular weight excluding hydrogens is 248 g/mol. The second-order valence-electron chi connectivity index (χ2n) is 5.51. The molecule has 19 heavy (non-hydrogen) atoms. The summed E-state index contributed by atoms with van der Waals surface area (Å²) in [6.07, 6.45) is 3.83. The summed E-state index contributed by atoms with van der Waals surface area (Å²) in [6.45, 7) is 0. The number of amides is 4. The molecule has 1 N–H and O–H groups in total. The highest BCUT2D eigenvalue weighted by molar-refractivity contribution is 6.10. The molecule has 1 saturated carbocycles. The summed E-state index contributed by atoms with van der Waals surface area (Å²) in [4.78, 5) is 48.7. The zero-order valence-electron chi connectivity index (χ0n) is 10.6. The molecule has 1 unspecified atom stereocenters. The molecule has 2 saturated heterocycles. The van der Waals surface area contributed by atoms with Gasteiger partial charge in [0, 0.05) is 6.42 Å². The van der Waals surface area contributed by atoms with E-state index in [9.17, 15) is 19.2 Å². The maximum Gasteiger partial charge on any atom is 0.249 e. The fraction of sp³-hybridized carbons (Fsp3) is 0.692. The molecule has 0 aromatic carbocycles. The SMILES string of the molecule is O=C1CCC(N2C(=O)[C@H]3CCCC[C@H]3C2=O)C(=O)N1. The van der Waals surface area contributed by atoms with Gasteiger partial charge in [-0.25, -0.2) is 0 Å². The summed E-state index contributed by atoms with van der Waals surface area (Å²) in [5, 5.41) is 2.20. The molecule has 3 rings (SSSR count). The first kappa shape index (κ1) is 12.3. The van der Waals surface area contributed by atoms with Crippen molar-refractivity contribution in [1.82, 2.24) is 10.2 Å². The van der Waals surface area contributed by atoms with Crippen LogP contribution in [-0.4, -0.2) is 34.6 Å². The molecule has 1 aliphatic carbocycles. The molecular formula is C13H16N2O4. The summed E-state index contributed by atoms with van der Waals surface area (Å²) >= 11 is 0. The first-order valence-corrected chi connectivity index (χ1v) is 6.80. The van der Waals surface area contributed by atoms with Crippen molar-refractivity contribution in [3.05, 3.63) is 0 Å². The second kappa shape index (κ2) is 4.43. The van der Waals surface area contributed by atoms with Gasteiger partial charge in [-0.15, -0.1) is 0 Å². The maximum absolute atomic E-state index is 12.3. The van der Waals surface area contributed by atoms with Crippen LogP contribution in [0.2, 0.25) is 0 Å². The van der Waals surface area contributed by atoms with Crippen LogP contribution in [0.4, 0.5) is 0 Å². The van der Waals surface area contributed by atoms with Gasteiger partial charge < -0.3 is 0 Å². The van der Waals surface area contributed by atoms with E-state index >= 15 is 0 Å². The first-order valence-electron chi connectivity index (χ1n) is 6.80. The molecule has 0 aromatic rings. The predicted molar refractivity (Wildman–Crippen MR) is 63.5 cm³/mol. The Morgan fingerprint density at radius 2 is 1.47 bits per heavy atom. The highest BCUT2D eigenvalue weighted by Gasteiger charge is 2.52. The molecule has 3 fully saturated rings. The average Bonchev–Trinajstić information content (AvgIpc) is 2.64. The summed E-state index contributed by atoms with van der Waals surface area (Å²) in [5.74, 6) is -1.78. The van der Waals surface area contributed by atoms with Gasteiger partial charge in [-0.3, -0.25) is 29.4 Å². The van der Waals surface area contributed by atoms with Crippen molar-refractivity contribution < 1.29 is 19.2 Å². The third-order valence-corrected chi connectivity index (χ3v) is 4.40. The molecule has 6 nitrogen and oxygen atoms in total. The van der Waals surface area contributed by atoms with Crippen LogP contribution in [0.1, 0.15) is 38.5 Å². The number of carbonyl (C=O) groups excluding carboxylic acids is 4. The van der Waals surface area contributed by atoms with Crippen LogP contribution >= 0.6 is 0 Å². The third kappa shape index (κ3) is 1.86. The van der Waals surface area contributed by atoms with Gasteiger partial charge in [0.1, 0.15) is 6.04 Å². The predicted octanol–water partition coefficient (Wildman–Crippen LogP) is -0.0332. The van der Waals surface area contributed by atoms with Gasteiger partial charge in [-0.05, 0) is 19.3 Å². The zero-order chi connectivity index (χ0) is 13.6. The van der Waals surface area contributed by atoms with Crippen LogP contribution in [0.3, 0.4) is 0 Å². The van der Waals surface area contributed by atoms with Gasteiger partial charge in [-0.1, -0.05) is 12.8 Å². The number of nitrogens with one attached hydrogen (secondary N) is 1. The van der Waals surface area contributed by atoms with Crippen LogP contribution in [0.25, 0.3) is 0 Å². The Kier molecular flexibility index (Phi) is 2.88. The van der Waals surface area contributed by atoms with E-state index in [1.807, 2.05) is 0 Å². The van der Waals surface area contributed by atoms with E-state index in [0.29, 0.717) is 0 Å². The average molecular weight is 264 g/mol. The van der Waals surface area contributed by atoms with E-state index in [-0.39, 0.29) is 42.4 Å². The largest absolute Gasteiger partial charge is 0.295 e. The van der Waals surface area contributed by atoms with Gasteiger partial charge in [0.05, 0.1) is 11.8 Å². The maximum atomic E-state index is 12.3. The van der Waals surface area contributed by atoms with E-state index in [4.69, 9.17) is 0 Å². The third-order valence-electron chi connectivity index (χ3n) is 4.40. The number of imide groups is 2. The normalized spacial score (nSPS) is 35.4. The lowest BCUT2D eigenvalue weighted by Gasteiger charge is -2.28. The fourth-order valence-corrected chi connectivity index (χ4v) is 3.42. The number of fused-ring (bicyclic) bond motifs is 1. The Hall–Kier alpha value is -1.72. The van der Waals surface area contributed by atoms with Crippen molar-refractivity contribution in [2.24, 2.45) is 11.8 Å². The minimum absolute atomic E-state index is 0.183. The lowest BCUT2D eigenvalue weighted by molar-refractivity contribution is -0.151. The number of carbonyl (C=O) groups is 4. The van der Waals surface area contributed by atoms with Crippen LogP contribution in [0.5, 0.6) is 0 Å². The van der Waals surface area contributed by atoms with Crippen molar-refractivity contribution in [3.63, 3.8) is 0 Å². The van der Waals surface area contributed by atoms with E-state index in [0.717, 1.165) is 30.6 Å². The molecule has 4 amide bonds. The van der Waals surface area contributed by atoms with Crippen LogP contribution in [0, 0.1) is 11.8 Å². The molecule has 0 spiro atoms. The van der Waals surface area contributed by atoms with Gasteiger partial charge in [0.25, 0.3) is 0 Å². The molecule has 0 bridgehead atoms. The summed E-state index contributed by atoms with van der Waals surface area (Å²) in [5.41, 5.74) is 0. The fourth-order valence-electron chi connectivity index (χ4n) is 3.42. The van der Waals surface area contributed by atoms with E-state index < -0.39 is 11.9 Å². The molecule has 0 radical (unpaired) electrons. The van der Waals surface area contributed by atoms with Crippen LogP contribution in [-0.2, 0) is 19.2 Å². The number of hydrogen-bond donors (Lipinski definition) is 1. The van der Waals surface area contributed by atoms with E-state index in [1.165, 1.54) is 0 Å². The monoisotopic (exact) mass is 264 g/mol. The van der Waals surface area contributed by atoms with Gasteiger partial charge in [-0.2, -0.15) is 0 Å². The Bertz CT molecular complexity index is 449. The Labute approximate surface area is 110 Å². The van der Waals surface area contributed by atoms with Crippen molar-refractivity contribution in [1.29, 1.82) is 0 Å². The Balaban J connectivity index is 1.84. The minimum Gasteiger partial charge on any atom is -0.295 e. The molecule has 102 valence electrons. The minimum atomic E-state index is -0.789. The number of nitrogens with zero attached hydrogens (tertiary/aromatic N) is 1. The Morgan fingerprint density at radius 1 is 0.895 bits per heavy atom. The van der Waals surface area contributed by atoms with Crippen molar-refractivity contribution in [3.8, 4) is 0 Å².